The molecule has 1 amide bonds. The van der Waals surface area contributed by atoms with Gasteiger partial charge in [-0.15, -0.1) is 0 Å². The molecule has 1 N–H and O–H groups in total. The zero-order valence-corrected chi connectivity index (χ0v) is 12.7. The molecular formula is C13H21NO6S. The Kier molecular flexibility index (Phi) is 5.21. The fraction of sp³-hybridized carbons (Fsp3) is 0.846. The highest BCUT2D eigenvalue weighted by molar-refractivity contribution is 7.92. The van der Waals surface area contributed by atoms with Crippen LogP contribution in [0.25, 0.3) is 0 Å². The topological polar surface area (TPSA) is 101 Å². The monoisotopic (exact) mass is 319 g/mol. The van der Waals surface area contributed by atoms with Crippen molar-refractivity contribution in [2.75, 3.05) is 25.4 Å². The normalized spacial score (nSPS) is 24.2. The van der Waals surface area contributed by atoms with Gasteiger partial charge in [-0.05, 0) is 12.8 Å². The van der Waals surface area contributed by atoms with E-state index >= 15 is 0 Å². The SMILES string of the molecule is O=C(O)[C@@H]1CN(C(=O)CCS(=O)(=O)C2CCCC2)CCO1. The summed E-state index contributed by atoms with van der Waals surface area (Å²) in [7, 11) is -3.22. The standard InChI is InChI=1S/C13H21NO6S/c15-12(14-6-7-20-11(9-14)13(16)17)5-8-21(18,19)10-3-1-2-4-10/h10-11H,1-9H2,(H,16,17)/t11-/m0/s1. The average molecular weight is 319 g/mol. The maximum absolute atomic E-state index is 12.1. The van der Waals surface area contributed by atoms with Gasteiger partial charge in [0.05, 0.1) is 24.2 Å². The van der Waals surface area contributed by atoms with Crippen LogP contribution in [0.3, 0.4) is 0 Å². The minimum Gasteiger partial charge on any atom is -0.479 e. The van der Waals surface area contributed by atoms with Gasteiger partial charge < -0.3 is 14.7 Å². The number of hydrogen-bond donors (Lipinski definition) is 1. The number of carboxylic acid groups (broad SMARTS) is 1. The van der Waals surface area contributed by atoms with Crippen LogP contribution in [-0.2, 0) is 24.2 Å². The Bertz CT molecular complexity index is 497. The first-order valence-electron chi connectivity index (χ1n) is 7.24. The first-order chi connectivity index (χ1) is 9.90. The molecule has 2 rings (SSSR count). The minimum atomic E-state index is -3.22. The highest BCUT2D eigenvalue weighted by Crippen LogP contribution is 2.25. The highest BCUT2D eigenvalue weighted by atomic mass is 32.2. The lowest BCUT2D eigenvalue weighted by atomic mass is 10.2. The van der Waals surface area contributed by atoms with Crippen molar-refractivity contribution in [1.82, 2.24) is 4.90 Å². The Morgan fingerprint density at radius 1 is 1.24 bits per heavy atom. The van der Waals surface area contributed by atoms with E-state index in [1.54, 1.807) is 0 Å². The Labute approximate surface area is 124 Å². The van der Waals surface area contributed by atoms with Gasteiger partial charge in [0.15, 0.2) is 15.9 Å². The molecule has 0 aromatic heterocycles. The molecule has 1 heterocycles. The van der Waals surface area contributed by atoms with Crippen LogP contribution < -0.4 is 0 Å². The number of aliphatic carboxylic acids is 1. The van der Waals surface area contributed by atoms with Gasteiger partial charge in [0.25, 0.3) is 0 Å². The molecule has 0 bridgehead atoms. The summed E-state index contributed by atoms with van der Waals surface area (Å²) in [4.78, 5) is 24.3. The zero-order valence-electron chi connectivity index (χ0n) is 11.9. The second-order valence-electron chi connectivity index (χ2n) is 5.56. The third-order valence-electron chi connectivity index (χ3n) is 4.11. The third-order valence-corrected chi connectivity index (χ3v) is 6.37. The first kappa shape index (κ1) is 16.2. The Morgan fingerprint density at radius 3 is 2.52 bits per heavy atom. The predicted molar refractivity (Wildman–Crippen MR) is 74.6 cm³/mol. The van der Waals surface area contributed by atoms with Gasteiger partial charge in [-0.1, -0.05) is 12.8 Å². The molecule has 21 heavy (non-hydrogen) atoms. The molecule has 1 atom stereocenters. The molecule has 0 unspecified atom stereocenters. The highest BCUT2D eigenvalue weighted by Gasteiger charge is 2.32. The molecule has 8 heteroatoms. The molecular weight excluding hydrogens is 298 g/mol. The number of morpholine rings is 1. The van der Waals surface area contributed by atoms with E-state index in [2.05, 4.69) is 0 Å². The number of sulfone groups is 1. The Morgan fingerprint density at radius 2 is 1.90 bits per heavy atom. The number of hydrogen-bond acceptors (Lipinski definition) is 5. The summed E-state index contributed by atoms with van der Waals surface area (Å²) >= 11 is 0. The van der Waals surface area contributed by atoms with Crippen LogP contribution in [0.1, 0.15) is 32.1 Å². The summed E-state index contributed by atoms with van der Waals surface area (Å²) in [6.07, 6.45) is 2.15. The summed E-state index contributed by atoms with van der Waals surface area (Å²) in [5.74, 6) is -1.57. The van der Waals surface area contributed by atoms with Gasteiger partial charge in [-0.25, -0.2) is 13.2 Å². The van der Waals surface area contributed by atoms with Crippen molar-refractivity contribution in [2.24, 2.45) is 0 Å². The number of nitrogens with zero attached hydrogens (tertiary/aromatic N) is 1. The summed E-state index contributed by atoms with van der Waals surface area (Å²) < 4.78 is 29.2. The van der Waals surface area contributed by atoms with Crippen molar-refractivity contribution in [3.05, 3.63) is 0 Å². The maximum atomic E-state index is 12.1. The van der Waals surface area contributed by atoms with Crippen molar-refractivity contribution >= 4 is 21.7 Å². The lowest BCUT2D eigenvalue weighted by molar-refractivity contribution is -0.159. The van der Waals surface area contributed by atoms with E-state index < -0.39 is 21.9 Å². The van der Waals surface area contributed by atoms with Crippen molar-refractivity contribution in [3.8, 4) is 0 Å². The van der Waals surface area contributed by atoms with Crippen LogP contribution >= 0.6 is 0 Å². The number of carboxylic acids is 1. The van der Waals surface area contributed by atoms with Crippen molar-refractivity contribution < 1.29 is 27.9 Å². The van der Waals surface area contributed by atoms with E-state index in [4.69, 9.17) is 9.84 Å². The fourth-order valence-corrected chi connectivity index (χ4v) is 4.67. The molecule has 0 aromatic carbocycles. The van der Waals surface area contributed by atoms with E-state index in [-0.39, 0.29) is 36.5 Å². The molecule has 1 saturated heterocycles. The van der Waals surface area contributed by atoms with Crippen molar-refractivity contribution in [3.63, 3.8) is 0 Å². The van der Waals surface area contributed by atoms with Crippen molar-refractivity contribution in [1.29, 1.82) is 0 Å². The zero-order chi connectivity index (χ0) is 15.5. The largest absolute Gasteiger partial charge is 0.479 e. The van der Waals surface area contributed by atoms with E-state index in [9.17, 15) is 18.0 Å². The number of carbonyl (C=O) groups is 2. The van der Waals surface area contributed by atoms with Crippen LogP contribution in [0.15, 0.2) is 0 Å². The van der Waals surface area contributed by atoms with Gasteiger partial charge in [-0.3, -0.25) is 4.79 Å². The number of ether oxygens (including phenoxy) is 1. The third kappa shape index (κ3) is 4.16. The molecule has 2 fully saturated rings. The van der Waals surface area contributed by atoms with Crippen LogP contribution in [0.2, 0.25) is 0 Å². The number of rotatable bonds is 5. The number of carbonyl (C=O) groups excluding carboxylic acids is 1. The second-order valence-corrected chi connectivity index (χ2v) is 7.96. The minimum absolute atomic E-state index is 0.0162. The van der Waals surface area contributed by atoms with E-state index in [0.29, 0.717) is 19.4 Å². The molecule has 0 aromatic rings. The summed E-state index contributed by atoms with van der Waals surface area (Å²) in [6.45, 7) is 0.460. The van der Waals surface area contributed by atoms with Gasteiger partial charge in [0.1, 0.15) is 0 Å². The first-order valence-corrected chi connectivity index (χ1v) is 8.95. The lowest BCUT2D eigenvalue weighted by Crippen LogP contribution is -2.48. The fourth-order valence-electron chi connectivity index (χ4n) is 2.83. The van der Waals surface area contributed by atoms with Crippen LogP contribution in [0.5, 0.6) is 0 Å². The molecule has 0 spiro atoms. The second kappa shape index (κ2) is 6.74. The molecule has 1 aliphatic heterocycles. The van der Waals surface area contributed by atoms with Crippen LogP contribution in [-0.4, -0.2) is 67.1 Å². The summed E-state index contributed by atoms with van der Waals surface area (Å²) in [5, 5.41) is 8.58. The maximum Gasteiger partial charge on any atom is 0.334 e. The summed E-state index contributed by atoms with van der Waals surface area (Å²) in [5.41, 5.74) is 0. The molecule has 0 radical (unpaired) electrons. The van der Waals surface area contributed by atoms with Gasteiger partial charge in [0.2, 0.25) is 5.91 Å². The summed E-state index contributed by atoms with van der Waals surface area (Å²) in [6, 6.07) is 0. The predicted octanol–water partition coefficient (Wildman–Crippen LogP) is 0.0459. The molecule has 2 aliphatic rings. The van der Waals surface area contributed by atoms with E-state index in [1.807, 2.05) is 0 Å². The number of amides is 1. The Balaban J connectivity index is 1.85. The van der Waals surface area contributed by atoms with Crippen LogP contribution in [0.4, 0.5) is 0 Å². The lowest BCUT2D eigenvalue weighted by Gasteiger charge is -2.31. The van der Waals surface area contributed by atoms with E-state index in [1.165, 1.54) is 4.90 Å². The van der Waals surface area contributed by atoms with Crippen molar-refractivity contribution in [2.45, 2.75) is 43.5 Å². The average Bonchev–Trinajstić information content (AvgIpc) is 3.00. The van der Waals surface area contributed by atoms with Gasteiger partial charge in [-0.2, -0.15) is 0 Å². The smallest absolute Gasteiger partial charge is 0.334 e. The quantitative estimate of drug-likeness (QED) is 0.768. The molecule has 1 saturated carbocycles. The Hall–Kier alpha value is -1.15. The molecule has 120 valence electrons. The van der Waals surface area contributed by atoms with Gasteiger partial charge in [0, 0.05) is 13.0 Å². The molecule has 1 aliphatic carbocycles. The van der Waals surface area contributed by atoms with Gasteiger partial charge >= 0.3 is 5.97 Å². The molecule has 7 nitrogen and oxygen atoms in total. The van der Waals surface area contributed by atoms with E-state index in [0.717, 1.165) is 12.8 Å². The van der Waals surface area contributed by atoms with Crippen LogP contribution in [0, 0.1) is 0 Å².